The van der Waals surface area contributed by atoms with Crippen LogP contribution in [0.3, 0.4) is 0 Å². The van der Waals surface area contributed by atoms with Crippen LogP contribution in [0.4, 0.5) is 5.69 Å². The quantitative estimate of drug-likeness (QED) is 0.884. The first kappa shape index (κ1) is 15.0. The number of amides is 1. The number of nitrogens with zero attached hydrogens (tertiary/aromatic N) is 1. The molecule has 4 heteroatoms. The fourth-order valence-corrected chi connectivity index (χ4v) is 2.76. The van der Waals surface area contributed by atoms with Crippen LogP contribution in [0.15, 0.2) is 18.2 Å². The van der Waals surface area contributed by atoms with E-state index in [0.717, 1.165) is 42.6 Å². The molecule has 1 aliphatic rings. The van der Waals surface area contributed by atoms with E-state index in [1.54, 1.807) is 0 Å². The van der Waals surface area contributed by atoms with Crippen molar-refractivity contribution in [3.8, 4) is 0 Å². The number of aliphatic hydroxyl groups excluding tert-OH is 1. The first-order valence-corrected chi connectivity index (χ1v) is 7.39. The molecule has 1 heterocycles. The smallest absolute Gasteiger partial charge is 0.238 e. The number of rotatable bonds is 4. The molecule has 0 aromatic heterocycles. The minimum Gasteiger partial charge on any atom is -0.392 e. The van der Waals surface area contributed by atoms with Gasteiger partial charge in [0.05, 0.1) is 12.6 Å². The molecule has 0 saturated carbocycles. The highest BCUT2D eigenvalue weighted by molar-refractivity contribution is 5.93. The van der Waals surface area contributed by atoms with E-state index in [4.69, 9.17) is 0 Å². The van der Waals surface area contributed by atoms with Crippen LogP contribution in [0.2, 0.25) is 0 Å². The van der Waals surface area contributed by atoms with Gasteiger partial charge in [-0.1, -0.05) is 25.1 Å². The molecular formula is C16H24N2O2. The zero-order valence-corrected chi connectivity index (χ0v) is 12.4. The molecule has 110 valence electrons. The molecule has 20 heavy (non-hydrogen) atoms. The summed E-state index contributed by atoms with van der Waals surface area (Å²) in [6.07, 6.45) is 2.41. The van der Waals surface area contributed by atoms with Crippen molar-refractivity contribution in [2.75, 3.05) is 25.0 Å². The van der Waals surface area contributed by atoms with E-state index in [1.165, 1.54) is 0 Å². The summed E-state index contributed by atoms with van der Waals surface area (Å²) < 4.78 is 0. The maximum absolute atomic E-state index is 12.2. The lowest BCUT2D eigenvalue weighted by Crippen LogP contribution is -2.42. The highest BCUT2D eigenvalue weighted by Crippen LogP contribution is 2.21. The topological polar surface area (TPSA) is 52.6 Å². The van der Waals surface area contributed by atoms with Gasteiger partial charge in [-0.05, 0) is 43.9 Å². The lowest BCUT2D eigenvalue weighted by Gasteiger charge is -2.29. The molecule has 1 fully saturated rings. The van der Waals surface area contributed by atoms with E-state index in [1.807, 2.05) is 30.0 Å². The molecule has 2 rings (SSSR count). The summed E-state index contributed by atoms with van der Waals surface area (Å²) in [6.45, 7) is 5.94. The summed E-state index contributed by atoms with van der Waals surface area (Å²) in [7, 11) is 0. The van der Waals surface area contributed by atoms with Gasteiger partial charge >= 0.3 is 0 Å². The minimum absolute atomic E-state index is 0.00287. The SMILES string of the molecule is CCc1cccc(C)c1NC(=O)CN1CCC[C@H](O)C1. The first-order valence-electron chi connectivity index (χ1n) is 7.39. The number of carbonyl (C=O) groups is 1. The second-order valence-electron chi connectivity index (χ2n) is 5.54. The van der Waals surface area contributed by atoms with E-state index in [0.29, 0.717) is 13.1 Å². The predicted molar refractivity (Wildman–Crippen MR) is 80.9 cm³/mol. The molecule has 0 unspecified atom stereocenters. The fourth-order valence-electron chi connectivity index (χ4n) is 2.76. The summed E-state index contributed by atoms with van der Waals surface area (Å²) >= 11 is 0. The molecule has 4 nitrogen and oxygen atoms in total. The standard InChI is InChI=1S/C16H24N2O2/c1-3-13-7-4-6-12(2)16(13)17-15(20)11-18-9-5-8-14(19)10-18/h4,6-7,14,19H,3,5,8-11H2,1-2H3,(H,17,20)/t14-/m0/s1. The van der Waals surface area contributed by atoms with E-state index in [2.05, 4.69) is 12.2 Å². The summed E-state index contributed by atoms with van der Waals surface area (Å²) in [6, 6.07) is 6.08. The molecule has 2 N–H and O–H groups in total. The van der Waals surface area contributed by atoms with E-state index in [9.17, 15) is 9.90 Å². The zero-order chi connectivity index (χ0) is 14.5. The average Bonchev–Trinajstić information content (AvgIpc) is 2.41. The van der Waals surface area contributed by atoms with E-state index >= 15 is 0 Å². The molecule has 1 atom stereocenters. The molecule has 0 radical (unpaired) electrons. The Morgan fingerprint density at radius 1 is 1.50 bits per heavy atom. The van der Waals surface area contributed by atoms with Crippen molar-refractivity contribution in [3.05, 3.63) is 29.3 Å². The fraction of sp³-hybridized carbons (Fsp3) is 0.562. The number of hydrogen-bond donors (Lipinski definition) is 2. The van der Waals surface area contributed by atoms with E-state index < -0.39 is 0 Å². The summed E-state index contributed by atoms with van der Waals surface area (Å²) in [5.41, 5.74) is 3.20. The summed E-state index contributed by atoms with van der Waals surface area (Å²) in [4.78, 5) is 14.2. The van der Waals surface area contributed by atoms with E-state index in [-0.39, 0.29) is 12.0 Å². The molecule has 0 aliphatic carbocycles. The van der Waals surface area contributed by atoms with Crippen LogP contribution >= 0.6 is 0 Å². The lowest BCUT2D eigenvalue weighted by atomic mass is 10.1. The van der Waals surface area contributed by atoms with Crippen LogP contribution in [-0.4, -0.2) is 41.7 Å². The van der Waals surface area contributed by atoms with Crippen molar-refractivity contribution in [1.82, 2.24) is 4.90 Å². The van der Waals surface area contributed by atoms with Gasteiger partial charge in [0, 0.05) is 12.2 Å². The molecular weight excluding hydrogens is 252 g/mol. The Morgan fingerprint density at radius 2 is 2.30 bits per heavy atom. The Balaban J connectivity index is 1.98. The summed E-state index contributed by atoms with van der Waals surface area (Å²) in [5, 5.41) is 12.7. The number of anilines is 1. The third-order valence-electron chi connectivity index (χ3n) is 3.85. The average molecular weight is 276 g/mol. The van der Waals surface area contributed by atoms with Crippen molar-refractivity contribution in [2.24, 2.45) is 0 Å². The largest absolute Gasteiger partial charge is 0.392 e. The molecule has 0 spiro atoms. The zero-order valence-electron chi connectivity index (χ0n) is 12.4. The number of piperidine rings is 1. The number of nitrogens with one attached hydrogen (secondary N) is 1. The van der Waals surface area contributed by atoms with Gasteiger partial charge in [-0.15, -0.1) is 0 Å². The molecule has 1 amide bonds. The molecule has 1 aromatic rings. The number of para-hydroxylation sites is 1. The van der Waals surface area contributed by atoms with Crippen LogP contribution in [0, 0.1) is 6.92 Å². The number of aliphatic hydroxyl groups is 1. The molecule has 0 bridgehead atoms. The first-order chi connectivity index (χ1) is 9.60. The number of aryl methyl sites for hydroxylation is 2. The molecule has 1 aliphatic heterocycles. The Labute approximate surface area is 120 Å². The van der Waals surface area contributed by atoms with Crippen LogP contribution in [0.25, 0.3) is 0 Å². The normalized spacial score (nSPS) is 19.9. The minimum atomic E-state index is -0.291. The van der Waals surface area contributed by atoms with Gasteiger partial charge in [-0.25, -0.2) is 0 Å². The van der Waals surface area contributed by atoms with Gasteiger partial charge in [0.15, 0.2) is 0 Å². The monoisotopic (exact) mass is 276 g/mol. The summed E-state index contributed by atoms with van der Waals surface area (Å²) in [5.74, 6) is 0.00287. The van der Waals surface area contributed by atoms with Gasteiger partial charge in [0.2, 0.25) is 5.91 Å². The van der Waals surface area contributed by atoms with Crippen molar-refractivity contribution in [2.45, 2.75) is 39.2 Å². The predicted octanol–water partition coefficient (Wildman–Crippen LogP) is 1.95. The number of carbonyl (C=O) groups excluding carboxylic acids is 1. The second-order valence-corrected chi connectivity index (χ2v) is 5.54. The highest BCUT2D eigenvalue weighted by atomic mass is 16.3. The number of benzene rings is 1. The Bertz CT molecular complexity index is 474. The third kappa shape index (κ3) is 3.81. The number of hydrogen-bond acceptors (Lipinski definition) is 3. The van der Waals surface area contributed by atoms with Gasteiger partial charge in [-0.2, -0.15) is 0 Å². The van der Waals surface area contributed by atoms with Crippen LogP contribution in [0.5, 0.6) is 0 Å². The van der Waals surface area contributed by atoms with Crippen molar-refractivity contribution in [3.63, 3.8) is 0 Å². The van der Waals surface area contributed by atoms with Crippen LogP contribution in [-0.2, 0) is 11.2 Å². The van der Waals surface area contributed by atoms with Crippen LogP contribution in [0.1, 0.15) is 30.9 Å². The highest BCUT2D eigenvalue weighted by Gasteiger charge is 2.20. The van der Waals surface area contributed by atoms with Crippen molar-refractivity contribution in [1.29, 1.82) is 0 Å². The molecule has 1 aromatic carbocycles. The third-order valence-corrected chi connectivity index (χ3v) is 3.85. The van der Waals surface area contributed by atoms with Gasteiger partial charge < -0.3 is 10.4 Å². The molecule has 1 saturated heterocycles. The van der Waals surface area contributed by atoms with Crippen molar-refractivity contribution < 1.29 is 9.90 Å². The van der Waals surface area contributed by atoms with Gasteiger partial charge in [0.1, 0.15) is 0 Å². The van der Waals surface area contributed by atoms with Gasteiger partial charge in [0.25, 0.3) is 0 Å². The number of likely N-dealkylation sites (tertiary alicyclic amines) is 1. The Kier molecular flexibility index (Phi) is 5.15. The Morgan fingerprint density at radius 3 is 3.00 bits per heavy atom. The van der Waals surface area contributed by atoms with Crippen molar-refractivity contribution >= 4 is 11.6 Å². The lowest BCUT2D eigenvalue weighted by molar-refractivity contribution is -0.118. The second kappa shape index (κ2) is 6.86. The van der Waals surface area contributed by atoms with Gasteiger partial charge in [-0.3, -0.25) is 9.69 Å². The maximum Gasteiger partial charge on any atom is 0.238 e. The van der Waals surface area contributed by atoms with Crippen LogP contribution < -0.4 is 5.32 Å². The Hall–Kier alpha value is -1.39. The number of β-amino-alcohol motifs (C(OH)–C–C–N with tert-alkyl or cyclic N) is 1. The maximum atomic E-state index is 12.2.